The molecule has 0 saturated heterocycles. The molecule has 0 radical (unpaired) electrons. The highest BCUT2D eigenvalue weighted by atomic mass is 16.5. The van der Waals surface area contributed by atoms with E-state index in [-0.39, 0.29) is 12.3 Å². The maximum Gasteiger partial charge on any atom is 0.108 e. The summed E-state index contributed by atoms with van der Waals surface area (Å²) in [5, 5.41) is 0. The molecule has 4 N–H and O–H groups in total. The van der Waals surface area contributed by atoms with Gasteiger partial charge >= 0.3 is 0 Å². The van der Waals surface area contributed by atoms with Gasteiger partial charge in [-0.2, -0.15) is 0 Å². The van der Waals surface area contributed by atoms with E-state index in [1.165, 1.54) is 12.8 Å². The van der Waals surface area contributed by atoms with E-state index in [0.29, 0.717) is 12.5 Å². The highest BCUT2D eigenvalue weighted by Crippen LogP contribution is 2.17. The Kier molecular flexibility index (Phi) is 8.02. The molecule has 4 unspecified atom stereocenters. The highest BCUT2D eigenvalue weighted by molar-refractivity contribution is 4.64. The van der Waals surface area contributed by atoms with Crippen molar-refractivity contribution in [1.82, 2.24) is 0 Å². The van der Waals surface area contributed by atoms with Crippen molar-refractivity contribution in [3.05, 3.63) is 0 Å². The first-order valence-corrected chi connectivity index (χ1v) is 6.12. The Morgan fingerprint density at radius 2 is 1.73 bits per heavy atom. The highest BCUT2D eigenvalue weighted by Gasteiger charge is 2.16. The molecule has 0 aliphatic heterocycles. The fraction of sp³-hybridized carbons (Fsp3) is 1.00. The van der Waals surface area contributed by atoms with Crippen LogP contribution in [-0.4, -0.2) is 18.9 Å². The lowest BCUT2D eigenvalue weighted by Gasteiger charge is -2.24. The standard InChI is InChI=1S/C12H28N2O/c1-5-9(2)6-7-10(3)12(14)15-11(4)8-13/h9-12H,5-8,13-14H2,1-4H3. The van der Waals surface area contributed by atoms with Gasteiger partial charge in [0, 0.05) is 6.54 Å². The number of rotatable bonds is 8. The molecule has 3 nitrogen and oxygen atoms in total. The molecule has 3 heteroatoms. The van der Waals surface area contributed by atoms with Gasteiger partial charge in [0.05, 0.1) is 6.10 Å². The Morgan fingerprint density at radius 1 is 1.13 bits per heavy atom. The van der Waals surface area contributed by atoms with Crippen molar-refractivity contribution >= 4 is 0 Å². The molecule has 0 aromatic rings. The summed E-state index contributed by atoms with van der Waals surface area (Å²) in [6.45, 7) is 9.15. The van der Waals surface area contributed by atoms with Gasteiger partial charge in [-0.25, -0.2) is 0 Å². The van der Waals surface area contributed by atoms with Crippen LogP contribution in [0.15, 0.2) is 0 Å². The molecule has 0 aromatic heterocycles. The average molecular weight is 216 g/mol. The van der Waals surface area contributed by atoms with E-state index in [0.717, 1.165) is 12.3 Å². The summed E-state index contributed by atoms with van der Waals surface area (Å²) >= 11 is 0. The van der Waals surface area contributed by atoms with Crippen LogP contribution >= 0.6 is 0 Å². The van der Waals surface area contributed by atoms with Crippen LogP contribution in [0.5, 0.6) is 0 Å². The molecule has 0 saturated carbocycles. The number of nitrogens with two attached hydrogens (primary N) is 2. The smallest absolute Gasteiger partial charge is 0.108 e. The van der Waals surface area contributed by atoms with Crippen molar-refractivity contribution in [1.29, 1.82) is 0 Å². The lowest BCUT2D eigenvalue weighted by molar-refractivity contribution is -0.0254. The SMILES string of the molecule is CCC(C)CCC(C)C(N)OC(C)CN. The summed E-state index contributed by atoms with van der Waals surface area (Å²) in [6.07, 6.45) is 3.49. The molecule has 0 aromatic carbocycles. The first-order valence-electron chi connectivity index (χ1n) is 6.12. The van der Waals surface area contributed by atoms with E-state index in [1.807, 2.05) is 6.92 Å². The molecule has 0 rings (SSSR count). The van der Waals surface area contributed by atoms with Crippen LogP contribution in [0, 0.1) is 11.8 Å². The van der Waals surface area contributed by atoms with Crippen LogP contribution in [0.4, 0.5) is 0 Å². The third-order valence-corrected chi connectivity index (χ3v) is 3.09. The zero-order chi connectivity index (χ0) is 11.8. The van der Waals surface area contributed by atoms with E-state index in [9.17, 15) is 0 Å². The van der Waals surface area contributed by atoms with Gasteiger partial charge < -0.3 is 16.2 Å². The molecular formula is C12H28N2O. The van der Waals surface area contributed by atoms with Gasteiger partial charge in [-0.05, 0) is 25.2 Å². The number of ether oxygens (including phenoxy) is 1. The second-order valence-electron chi connectivity index (χ2n) is 4.72. The number of hydrogen-bond acceptors (Lipinski definition) is 3. The van der Waals surface area contributed by atoms with E-state index in [1.54, 1.807) is 0 Å². The Labute approximate surface area is 94.5 Å². The average Bonchev–Trinajstić information content (AvgIpc) is 2.24. The fourth-order valence-electron chi connectivity index (χ4n) is 1.37. The summed E-state index contributed by atoms with van der Waals surface area (Å²) in [4.78, 5) is 0. The lowest BCUT2D eigenvalue weighted by atomic mass is 9.95. The predicted octanol–water partition coefficient (Wildman–Crippen LogP) is 2.10. The molecule has 0 heterocycles. The predicted molar refractivity (Wildman–Crippen MR) is 65.4 cm³/mol. The quantitative estimate of drug-likeness (QED) is 0.611. The molecule has 92 valence electrons. The second-order valence-corrected chi connectivity index (χ2v) is 4.72. The number of hydrogen-bond donors (Lipinski definition) is 2. The minimum Gasteiger partial charge on any atom is -0.359 e. The van der Waals surface area contributed by atoms with Crippen molar-refractivity contribution in [2.75, 3.05) is 6.54 Å². The summed E-state index contributed by atoms with van der Waals surface area (Å²) in [5.41, 5.74) is 11.4. The minimum absolute atomic E-state index is 0.0612. The second kappa shape index (κ2) is 8.08. The van der Waals surface area contributed by atoms with Crippen LogP contribution < -0.4 is 11.5 Å². The van der Waals surface area contributed by atoms with Crippen LogP contribution in [0.3, 0.4) is 0 Å². The van der Waals surface area contributed by atoms with Crippen LogP contribution in [-0.2, 0) is 4.74 Å². The molecule has 0 aliphatic rings. The molecule has 0 bridgehead atoms. The monoisotopic (exact) mass is 216 g/mol. The molecule has 0 amide bonds. The van der Waals surface area contributed by atoms with Gasteiger partial charge in [-0.1, -0.05) is 33.6 Å². The first-order chi connectivity index (χ1) is 7.01. The molecule has 0 fully saturated rings. The maximum absolute atomic E-state index is 5.94. The van der Waals surface area contributed by atoms with E-state index in [2.05, 4.69) is 20.8 Å². The van der Waals surface area contributed by atoms with Crippen LogP contribution in [0.25, 0.3) is 0 Å². The largest absolute Gasteiger partial charge is 0.359 e. The summed E-state index contributed by atoms with van der Waals surface area (Å²) in [6, 6.07) is 0. The van der Waals surface area contributed by atoms with Gasteiger partial charge in [0.25, 0.3) is 0 Å². The Balaban J connectivity index is 3.73. The zero-order valence-electron chi connectivity index (χ0n) is 10.7. The lowest BCUT2D eigenvalue weighted by Crippen LogP contribution is -2.37. The van der Waals surface area contributed by atoms with Crippen LogP contribution in [0.2, 0.25) is 0 Å². The molecule has 0 aliphatic carbocycles. The van der Waals surface area contributed by atoms with Crippen molar-refractivity contribution in [2.24, 2.45) is 23.3 Å². The molecule has 0 spiro atoms. The van der Waals surface area contributed by atoms with Crippen molar-refractivity contribution in [3.8, 4) is 0 Å². The topological polar surface area (TPSA) is 61.3 Å². The summed E-state index contributed by atoms with van der Waals surface area (Å²) in [5.74, 6) is 1.19. The van der Waals surface area contributed by atoms with Gasteiger partial charge in [-0.15, -0.1) is 0 Å². The van der Waals surface area contributed by atoms with Crippen molar-refractivity contribution < 1.29 is 4.74 Å². The van der Waals surface area contributed by atoms with Gasteiger partial charge in [0.15, 0.2) is 0 Å². The molecule has 15 heavy (non-hydrogen) atoms. The van der Waals surface area contributed by atoms with E-state index < -0.39 is 0 Å². The first kappa shape index (κ1) is 14.9. The van der Waals surface area contributed by atoms with E-state index >= 15 is 0 Å². The van der Waals surface area contributed by atoms with Crippen molar-refractivity contribution in [3.63, 3.8) is 0 Å². The third kappa shape index (κ3) is 6.88. The summed E-state index contributed by atoms with van der Waals surface area (Å²) < 4.78 is 5.58. The Morgan fingerprint density at radius 3 is 2.20 bits per heavy atom. The minimum atomic E-state index is -0.174. The zero-order valence-corrected chi connectivity index (χ0v) is 10.7. The van der Waals surface area contributed by atoms with E-state index in [4.69, 9.17) is 16.2 Å². The van der Waals surface area contributed by atoms with Crippen molar-refractivity contribution in [2.45, 2.75) is 59.3 Å². The summed E-state index contributed by atoms with van der Waals surface area (Å²) in [7, 11) is 0. The van der Waals surface area contributed by atoms with Gasteiger partial charge in [0.2, 0.25) is 0 Å². The van der Waals surface area contributed by atoms with Gasteiger partial charge in [-0.3, -0.25) is 0 Å². The third-order valence-electron chi connectivity index (χ3n) is 3.09. The van der Waals surface area contributed by atoms with Gasteiger partial charge in [0.1, 0.15) is 6.23 Å². The fourth-order valence-corrected chi connectivity index (χ4v) is 1.37. The normalized spacial score (nSPS) is 19.6. The molecular weight excluding hydrogens is 188 g/mol. The Bertz CT molecular complexity index is 153. The van der Waals surface area contributed by atoms with Crippen LogP contribution in [0.1, 0.15) is 47.0 Å². The molecule has 4 atom stereocenters. The maximum atomic E-state index is 5.94. The Hall–Kier alpha value is -0.120.